The van der Waals surface area contributed by atoms with Crippen LogP contribution in [0.3, 0.4) is 0 Å². The normalized spacial score (nSPS) is 10.0. The molecule has 0 aliphatic carbocycles. The lowest BCUT2D eigenvalue weighted by Gasteiger charge is -2.19. The summed E-state index contributed by atoms with van der Waals surface area (Å²) >= 11 is 0. The predicted octanol–water partition coefficient (Wildman–Crippen LogP) is 0.931. The highest BCUT2D eigenvalue weighted by Gasteiger charge is 2.14. The summed E-state index contributed by atoms with van der Waals surface area (Å²) in [6.07, 6.45) is 3.79. The second-order valence-corrected chi connectivity index (χ2v) is 3.21. The monoisotopic (exact) mass is 208 g/mol. The molecule has 1 amide bonds. The Kier molecular flexibility index (Phi) is 4.03. The molecule has 0 spiro atoms. The van der Waals surface area contributed by atoms with Crippen molar-refractivity contribution in [3.8, 4) is 0 Å². The summed E-state index contributed by atoms with van der Waals surface area (Å²) in [5.74, 6) is 0.160. The molecule has 2 N–H and O–H groups in total. The van der Waals surface area contributed by atoms with E-state index in [0.717, 1.165) is 13.0 Å². The van der Waals surface area contributed by atoms with Gasteiger partial charge in [0.05, 0.1) is 12.4 Å². The van der Waals surface area contributed by atoms with Crippen LogP contribution in [0.2, 0.25) is 0 Å². The average molecular weight is 208 g/mol. The molecule has 5 heteroatoms. The number of rotatable bonds is 4. The van der Waals surface area contributed by atoms with Crippen molar-refractivity contribution in [2.45, 2.75) is 20.3 Å². The zero-order valence-corrected chi connectivity index (χ0v) is 9.10. The summed E-state index contributed by atoms with van der Waals surface area (Å²) in [6.45, 7) is 5.36. The minimum absolute atomic E-state index is 0.112. The van der Waals surface area contributed by atoms with Crippen molar-refractivity contribution in [1.82, 2.24) is 14.9 Å². The first-order valence-corrected chi connectivity index (χ1v) is 5.05. The Bertz CT molecular complexity index is 340. The molecule has 0 saturated carbocycles. The molecule has 0 unspecified atom stereocenters. The topological polar surface area (TPSA) is 72.1 Å². The lowest BCUT2D eigenvalue weighted by Crippen LogP contribution is -2.32. The Morgan fingerprint density at radius 3 is 2.73 bits per heavy atom. The van der Waals surface area contributed by atoms with Crippen LogP contribution in [0.15, 0.2) is 12.4 Å². The van der Waals surface area contributed by atoms with Crippen LogP contribution in [0.25, 0.3) is 0 Å². The Morgan fingerprint density at radius 2 is 2.20 bits per heavy atom. The number of nitrogens with two attached hydrogens (primary N) is 1. The summed E-state index contributed by atoms with van der Waals surface area (Å²) in [5.41, 5.74) is 5.78. The van der Waals surface area contributed by atoms with E-state index in [1.165, 1.54) is 12.4 Å². The van der Waals surface area contributed by atoms with Gasteiger partial charge in [-0.3, -0.25) is 9.78 Å². The van der Waals surface area contributed by atoms with Gasteiger partial charge in [0, 0.05) is 13.1 Å². The summed E-state index contributed by atoms with van der Waals surface area (Å²) < 4.78 is 0. The molecule has 0 radical (unpaired) electrons. The van der Waals surface area contributed by atoms with Crippen molar-refractivity contribution in [2.24, 2.45) is 0 Å². The molecule has 1 aromatic rings. The molecule has 5 nitrogen and oxygen atoms in total. The number of carbonyl (C=O) groups excluding carboxylic acids is 1. The van der Waals surface area contributed by atoms with E-state index in [4.69, 9.17) is 5.73 Å². The maximum Gasteiger partial charge on any atom is 0.274 e. The fraction of sp³-hybridized carbons (Fsp3) is 0.500. The van der Waals surface area contributed by atoms with Gasteiger partial charge in [0.25, 0.3) is 5.91 Å². The van der Waals surface area contributed by atoms with Crippen LogP contribution in [0.5, 0.6) is 0 Å². The summed E-state index contributed by atoms with van der Waals surface area (Å²) in [7, 11) is 0. The quantitative estimate of drug-likeness (QED) is 0.799. The summed E-state index contributed by atoms with van der Waals surface area (Å²) in [5, 5.41) is 0. The van der Waals surface area contributed by atoms with Crippen LogP contribution in [0, 0.1) is 0 Å². The van der Waals surface area contributed by atoms with E-state index in [-0.39, 0.29) is 11.7 Å². The van der Waals surface area contributed by atoms with Gasteiger partial charge in [-0.25, -0.2) is 4.98 Å². The zero-order valence-electron chi connectivity index (χ0n) is 9.10. The predicted molar refractivity (Wildman–Crippen MR) is 58.3 cm³/mol. The molecule has 0 aliphatic heterocycles. The smallest absolute Gasteiger partial charge is 0.274 e. The molecule has 0 aliphatic rings. The van der Waals surface area contributed by atoms with E-state index >= 15 is 0 Å². The second-order valence-electron chi connectivity index (χ2n) is 3.21. The van der Waals surface area contributed by atoms with Crippen LogP contribution in [0.1, 0.15) is 30.8 Å². The van der Waals surface area contributed by atoms with Crippen LogP contribution >= 0.6 is 0 Å². The number of hydrogen-bond donors (Lipinski definition) is 1. The minimum atomic E-state index is -0.112. The van der Waals surface area contributed by atoms with Crippen molar-refractivity contribution in [2.75, 3.05) is 18.8 Å². The fourth-order valence-corrected chi connectivity index (χ4v) is 1.32. The van der Waals surface area contributed by atoms with Gasteiger partial charge in [0.15, 0.2) is 0 Å². The van der Waals surface area contributed by atoms with E-state index in [1.54, 1.807) is 4.90 Å². The molecule has 0 fully saturated rings. The first kappa shape index (κ1) is 11.4. The Hall–Kier alpha value is -1.65. The number of hydrogen-bond acceptors (Lipinski definition) is 4. The van der Waals surface area contributed by atoms with Gasteiger partial charge in [0.1, 0.15) is 11.5 Å². The maximum absolute atomic E-state index is 11.9. The van der Waals surface area contributed by atoms with Gasteiger partial charge in [0.2, 0.25) is 0 Å². The molecule has 15 heavy (non-hydrogen) atoms. The Labute approximate surface area is 89.3 Å². The molecule has 0 atom stereocenters. The lowest BCUT2D eigenvalue weighted by atomic mass is 10.3. The van der Waals surface area contributed by atoms with Crippen molar-refractivity contribution in [3.63, 3.8) is 0 Å². The van der Waals surface area contributed by atoms with Crippen LogP contribution in [-0.4, -0.2) is 33.9 Å². The molecule has 1 aromatic heterocycles. The Morgan fingerprint density at radius 1 is 1.47 bits per heavy atom. The number of nitrogens with zero attached hydrogens (tertiary/aromatic N) is 3. The molecule has 0 bridgehead atoms. The molecule has 0 saturated heterocycles. The van der Waals surface area contributed by atoms with Crippen molar-refractivity contribution in [3.05, 3.63) is 18.1 Å². The number of nitrogen functional groups attached to an aromatic ring is 1. The van der Waals surface area contributed by atoms with Gasteiger partial charge in [-0.2, -0.15) is 0 Å². The first-order chi connectivity index (χ1) is 7.19. The van der Waals surface area contributed by atoms with Gasteiger partial charge in [-0.1, -0.05) is 6.92 Å². The van der Waals surface area contributed by atoms with Crippen LogP contribution < -0.4 is 5.73 Å². The Balaban J connectivity index is 2.82. The third-order valence-corrected chi connectivity index (χ3v) is 2.03. The lowest BCUT2D eigenvalue weighted by molar-refractivity contribution is 0.0758. The van der Waals surface area contributed by atoms with Gasteiger partial charge >= 0.3 is 0 Å². The number of anilines is 1. The summed E-state index contributed by atoms with van der Waals surface area (Å²) in [4.78, 5) is 21.4. The standard InChI is InChI=1S/C10H16N4O/c1-3-5-14(4-2)10(15)8-6-12-7-9(11)13-8/h6-7H,3-5H2,1-2H3,(H2,11,13). The molecule has 82 valence electrons. The highest BCUT2D eigenvalue weighted by molar-refractivity contribution is 5.92. The molecule has 0 aromatic carbocycles. The first-order valence-electron chi connectivity index (χ1n) is 5.05. The van der Waals surface area contributed by atoms with Crippen molar-refractivity contribution in [1.29, 1.82) is 0 Å². The number of amides is 1. The zero-order chi connectivity index (χ0) is 11.3. The number of aromatic nitrogens is 2. The largest absolute Gasteiger partial charge is 0.382 e. The molecular weight excluding hydrogens is 192 g/mol. The van der Waals surface area contributed by atoms with Crippen molar-refractivity contribution < 1.29 is 4.79 Å². The van der Waals surface area contributed by atoms with Crippen LogP contribution in [0.4, 0.5) is 5.82 Å². The molecule has 1 heterocycles. The molecular formula is C10H16N4O. The third kappa shape index (κ3) is 2.90. The average Bonchev–Trinajstić information content (AvgIpc) is 2.25. The van der Waals surface area contributed by atoms with Gasteiger partial charge in [-0.05, 0) is 13.3 Å². The van der Waals surface area contributed by atoms with Gasteiger partial charge < -0.3 is 10.6 Å². The van der Waals surface area contributed by atoms with E-state index in [0.29, 0.717) is 12.2 Å². The van der Waals surface area contributed by atoms with Crippen molar-refractivity contribution >= 4 is 11.7 Å². The SMILES string of the molecule is CCCN(CC)C(=O)c1cncc(N)n1. The van der Waals surface area contributed by atoms with E-state index in [2.05, 4.69) is 9.97 Å². The maximum atomic E-state index is 11.9. The number of carbonyl (C=O) groups is 1. The highest BCUT2D eigenvalue weighted by atomic mass is 16.2. The summed E-state index contributed by atoms with van der Waals surface area (Å²) in [6, 6.07) is 0. The molecule has 1 rings (SSSR count). The van der Waals surface area contributed by atoms with E-state index in [1.807, 2.05) is 13.8 Å². The third-order valence-electron chi connectivity index (χ3n) is 2.03. The highest BCUT2D eigenvalue weighted by Crippen LogP contribution is 2.03. The fourth-order valence-electron chi connectivity index (χ4n) is 1.32. The van der Waals surface area contributed by atoms with Crippen LogP contribution in [-0.2, 0) is 0 Å². The van der Waals surface area contributed by atoms with E-state index in [9.17, 15) is 4.79 Å². The second kappa shape index (κ2) is 5.29. The van der Waals surface area contributed by atoms with E-state index < -0.39 is 0 Å². The minimum Gasteiger partial charge on any atom is -0.382 e. The van der Waals surface area contributed by atoms with Gasteiger partial charge in [-0.15, -0.1) is 0 Å².